The third kappa shape index (κ3) is 3.20. The first kappa shape index (κ1) is 14.7. The molecule has 0 atom stereocenters. The van der Waals surface area contributed by atoms with Gasteiger partial charge >= 0.3 is 0 Å². The van der Waals surface area contributed by atoms with Crippen LogP contribution in [0, 0.1) is 5.82 Å². The number of fused-ring (bicyclic) bond motifs is 1. The molecular formula is C14H20FN3O2S. The smallest absolute Gasteiger partial charge is 0.236 e. The second-order valence-corrected chi connectivity index (χ2v) is 7.52. The molecule has 5 nitrogen and oxygen atoms in total. The fourth-order valence-corrected chi connectivity index (χ4v) is 4.45. The summed E-state index contributed by atoms with van der Waals surface area (Å²) in [5, 5.41) is 3.24. The van der Waals surface area contributed by atoms with Crippen LogP contribution < -0.4 is 9.62 Å². The molecule has 2 aliphatic rings. The van der Waals surface area contributed by atoms with Crippen LogP contribution in [0.2, 0.25) is 0 Å². The lowest BCUT2D eigenvalue weighted by Crippen LogP contribution is -2.46. The molecule has 0 bridgehead atoms. The van der Waals surface area contributed by atoms with Gasteiger partial charge in [-0.2, -0.15) is 0 Å². The van der Waals surface area contributed by atoms with E-state index in [0.29, 0.717) is 25.2 Å². The van der Waals surface area contributed by atoms with Crippen molar-refractivity contribution < 1.29 is 12.8 Å². The van der Waals surface area contributed by atoms with Crippen molar-refractivity contribution in [1.29, 1.82) is 0 Å². The number of hydrogen-bond donors (Lipinski definition) is 1. The Labute approximate surface area is 124 Å². The van der Waals surface area contributed by atoms with Crippen molar-refractivity contribution in [3.05, 3.63) is 29.6 Å². The highest BCUT2D eigenvalue weighted by Gasteiger charge is 2.30. The van der Waals surface area contributed by atoms with Crippen molar-refractivity contribution in [2.45, 2.75) is 6.42 Å². The number of nitrogens with one attached hydrogen (secondary N) is 1. The number of sulfonamides is 1. The summed E-state index contributed by atoms with van der Waals surface area (Å²) >= 11 is 0. The van der Waals surface area contributed by atoms with Gasteiger partial charge in [-0.15, -0.1) is 0 Å². The topological polar surface area (TPSA) is 52.7 Å². The molecule has 2 heterocycles. The summed E-state index contributed by atoms with van der Waals surface area (Å²) in [5.74, 6) is -0.305. The number of benzene rings is 1. The molecule has 0 radical (unpaired) electrons. The third-order valence-corrected chi connectivity index (χ3v) is 5.86. The standard InChI is InChI=1S/C14H20FN3O2S/c15-13-2-1-12-3-6-18(14(12)11-13)21(19,20)10-9-17-7-4-16-5-8-17/h1-2,11,16H,3-10H2. The normalized spacial score (nSPS) is 19.8. The van der Waals surface area contributed by atoms with Gasteiger partial charge in [0.25, 0.3) is 0 Å². The van der Waals surface area contributed by atoms with E-state index in [9.17, 15) is 12.8 Å². The highest BCUT2D eigenvalue weighted by Crippen LogP contribution is 2.31. The second-order valence-electron chi connectivity index (χ2n) is 5.50. The van der Waals surface area contributed by atoms with E-state index in [2.05, 4.69) is 10.2 Å². The van der Waals surface area contributed by atoms with Crippen LogP contribution >= 0.6 is 0 Å². The van der Waals surface area contributed by atoms with Crippen molar-refractivity contribution >= 4 is 15.7 Å². The number of rotatable bonds is 4. The predicted molar refractivity (Wildman–Crippen MR) is 80.5 cm³/mol. The average Bonchev–Trinajstić information content (AvgIpc) is 2.90. The van der Waals surface area contributed by atoms with E-state index in [0.717, 1.165) is 31.7 Å². The quantitative estimate of drug-likeness (QED) is 0.875. The number of halogens is 1. The zero-order valence-electron chi connectivity index (χ0n) is 11.9. The van der Waals surface area contributed by atoms with Crippen molar-refractivity contribution in [2.75, 3.05) is 49.3 Å². The van der Waals surface area contributed by atoms with Crippen LogP contribution in [0.25, 0.3) is 0 Å². The van der Waals surface area contributed by atoms with Crippen molar-refractivity contribution in [2.24, 2.45) is 0 Å². The minimum Gasteiger partial charge on any atom is -0.314 e. The molecule has 1 aromatic rings. The maximum atomic E-state index is 13.4. The van der Waals surface area contributed by atoms with Crippen LogP contribution in [0.1, 0.15) is 5.56 Å². The number of anilines is 1. The molecule has 0 amide bonds. The molecule has 116 valence electrons. The zero-order valence-corrected chi connectivity index (χ0v) is 12.7. The molecular weight excluding hydrogens is 293 g/mol. The van der Waals surface area contributed by atoms with Crippen molar-refractivity contribution in [1.82, 2.24) is 10.2 Å². The molecule has 1 aromatic carbocycles. The monoisotopic (exact) mass is 313 g/mol. The summed E-state index contributed by atoms with van der Waals surface area (Å²) < 4.78 is 39.8. The molecule has 1 N–H and O–H groups in total. The molecule has 7 heteroatoms. The maximum Gasteiger partial charge on any atom is 0.236 e. The van der Waals surface area contributed by atoms with Gasteiger partial charge in [0.1, 0.15) is 5.82 Å². The Morgan fingerprint density at radius 2 is 1.95 bits per heavy atom. The number of nitrogens with zero attached hydrogens (tertiary/aromatic N) is 2. The molecule has 0 aromatic heterocycles. The Morgan fingerprint density at radius 1 is 1.19 bits per heavy atom. The second kappa shape index (κ2) is 5.90. The highest BCUT2D eigenvalue weighted by atomic mass is 32.2. The van der Waals surface area contributed by atoms with Gasteiger partial charge in [-0.1, -0.05) is 6.07 Å². The van der Waals surface area contributed by atoms with E-state index in [1.54, 1.807) is 6.07 Å². The lowest BCUT2D eigenvalue weighted by Gasteiger charge is -2.28. The van der Waals surface area contributed by atoms with Crippen LogP contribution in [-0.4, -0.2) is 58.3 Å². The fraction of sp³-hybridized carbons (Fsp3) is 0.571. The molecule has 0 aliphatic carbocycles. The lowest BCUT2D eigenvalue weighted by atomic mass is 10.2. The largest absolute Gasteiger partial charge is 0.314 e. The third-order valence-electron chi connectivity index (χ3n) is 4.11. The van der Waals surface area contributed by atoms with Crippen LogP contribution in [0.15, 0.2) is 18.2 Å². The van der Waals surface area contributed by atoms with Gasteiger partial charge in [0.2, 0.25) is 10.0 Å². The Kier molecular flexibility index (Phi) is 4.14. The number of hydrogen-bond acceptors (Lipinski definition) is 4. The first-order valence-electron chi connectivity index (χ1n) is 7.28. The minimum absolute atomic E-state index is 0.0863. The molecule has 3 rings (SSSR count). The summed E-state index contributed by atoms with van der Waals surface area (Å²) in [6.45, 7) is 4.50. The Bertz CT molecular complexity index is 615. The fourth-order valence-electron chi connectivity index (χ4n) is 2.90. The van der Waals surface area contributed by atoms with Gasteiger partial charge in [-0.05, 0) is 24.1 Å². The molecule has 0 saturated carbocycles. The predicted octanol–water partition coefficient (Wildman–Crippen LogP) is 0.423. The molecule has 21 heavy (non-hydrogen) atoms. The van der Waals surface area contributed by atoms with Gasteiger partial charge in [0, 0.05) is 39.3 Å². The Balaban J connectivity index is 1.70. The van der Waals surface area contributed by atoms with Gasteiger partial charge in [-0.3, -0.25) is 9.21 Å². The SMILES string of the molecule is O=S(=O)(CCN1CCNCC1)N1CCc2ccc(F)cc21. The first-order valence-corrected chi connectivity index (χ1v) is 8.89. The molecule has 0 unspecified atom stereocenters. The summed E-state index contributed by atoms with van der Waals surface area (Å²) in [6.07, 6.45) is 0.655. The van der Waals surface area contributed by atoms with E-state index >= 15 is 0 Å². The van der Waals surface area contributed by atoms with E-state index in [1.165, 1.54) is 16.4 Å². The zero-order chi connectivity index (χ0) is 14.9. The summed E-state index contributed by atoms with van der Waals surface area (Å²) in [5.41, 5.74) is 1.41. The summed E-state index contributed by atoms with van der Waals surface area (Å²) in [7, 11) is -3.38. The molecule has 2 aliphatic heterocycles. The van der Waals surface area contributed by atoms with E-state index in [-0.39, 0.29) is 5.75 Å². The molecule has 1 fully saturated rings. The van der Waals surface area contributed by atoms with Crippen LogP contribution in [0.4, 0.5) is 10.1 Å². The van der Waals surface area contributed by atoms with Gasteiger partial charge in [0.15, 0.2) is 0 Å². The molecule has 0 spiro atoms. The van der Waals surface area contributed by atoms with E-state index in [1.807, 2.05) is 0 Å². The number of piperazine rings is 1. The average molecular weight is 313 g/mol. The van der Waals surface area contributed by atoms with E-state index in [4.69, 9.17) is 0 Å². The summed E-state index contributed by atoms with van der Waals surface area (Å²) in [4.78, 5) is 2.15. The van der Waals surface area contributed by atoms with Crippen molar-refractivity contribution in [3.8, 4) is 0 Å². The first-order chi connectivity index (χ1) is 10.1. The van der Waals surface area contributed by atoms with Crippen LogP contribution in [0.5, 0.6) is 0 Å². The Hall–Kier alpha value is -1.18. The highest BCUT2D eigenvalue weighted by molar-refractivity contribution is 7.92. The minimum atomic E-state index is -3.38. The van der Waals surface area contributed by atoms with Crippen LogP contribution in [-0.2, 0) is 16.4 Å². The van der Waals surface area contributed by atoms with Gasteiger partial charge in [0.05, 0.1) is 11.4 Å². The summed E-state index contributed by atoms with van der Waals surface area (Å²) in [6, 6.07) is 4.39. The van der Waals surface area contributed by atoms with Crippen molar-refractivity contribution in [3.63, 3.8) is 0 Å². The Morgan fingerprint density at radius 3 is 2.71 bits per heavy atom. The maximum absolute atomic E-state index is 13.4. The van der Waals surface area contributed by atoms with Gasteiger partial charge < -0.3 is 5.32 Å². The molecule has 1 saturated heterocycles. The van der Waals surface area contributed by atoms with E-state index < -0.39 is 15.8 Å². The lowest BCUT2D eigenvalue weighted by molar-refractivity contribution is 0.254. The van der Waals surface area contributed by atoms with Crippen LogP contribution in [0.3, 0.4) is 0 Å². The van der Waals surface area contributed by atoms with Gasteiger partial charge in [-0.25, -0.2) is 12.8 Å².